The summed E-state index contributed by atoms with van der Waals surface area (Å²) in [6, 6.07) is 0. The highest BCUT2D eigenvalue weighted by molar-refractivity contribution is 7.16. The SMILES string of the molecule is CC(C)c1nc2scc(C3CC3)c2c(=O)[nH]1. The molecule has 4 heteroatoms. The largest absolute Gasteiger partial charge is 0.310 e. The molecular weight excluding hydrogens is 220 g/mol. The summed E-state index contributed by atoms with van der Waals surface area (Å²) in [4.78, 5) is 20.4. The molecule has 84 valence electrons. The number of aromatic amines is 1. The van der Waals surface area contributed by atoms with Crippen LogP contribution in [0.3, 0.4) is 0 Å². The lowest BCUT2D eigenvalue weighted by molar-refractivity contribution is 0.777. The van der Waals surface area contributed by atoms with Crippen molar-refractivity contribution in [1.29, 1.82) is 0 Å². The highest BCUT2D eigenvalue weighted by Gasteiger charge is 2.28. The number of nitrogens with zero attached hydrogens (tertiary/aromatic N) is 1. The standard InChI is InChI=1S/C12H14N2OS/c1-6(2)10-13-11(15)9-8(7-3-4-7)5-16-12(9)14-10/h5-7H,3-4H2,1-2H3,(H,13,14,15). The van der Waals surface area contributed by atoms with Crippen molar-refractivity contribution in [3.8, 4) is 0 Å². The third-order valence-corrected chi connectivity index (χ3v) is 3.95. The molecule has 0 saturated heterocycles. The highest BCUT2D eigenvalue weighted by atomic mass is 32.1. The Morgan fingerprint density at radius 2 is 2.25 bits per heavy atom. The monoisotopic (exact) mass is 234 g/mol. The molecule has 3 nitrogen and oxygen atoms in total. The summed E-state index contributed by atoms with van der Waals surface area (Å²) in [6.45, 7) is 4.08. The first-order chi connectivity index (χ1) is 7.66. The number of thiophene rings is 1. The van der Waals surface area contributed by atoms with E-state index in [0.717, 1.165) is 16.0 Å². The molecule has 0 amide bonds. The zero-order chi connectivity index (χ0) is 11.3. The van der Waals surface area contributed by atoms with Crippen LogP contribution in [0.5, 0.6) is 0 Å². The van der Waals surface area contributed by atoms with Gasteiger partial charge in [-0.05, 0) is 29.7 Å². The Bertz CT molecular complexity index is 593. The van der Waals surface area contributed by atoms with Crippen LogP contribution in [-0.4, -0.2) is 9.97 Å². The van der Waals surface area contributed by atoms with Gasteiger partial charge in [-0.15, -0.1) is 11.3 Å². The molecule has 1 fully saturated rings. The molecule has 1 aliphatic carbocycles. The zero-order valence-electron chi connectivity index (χ0n) is 9.41. The molecule has 16 heavy (non-hydrogen) atoms. The van der Waals surface area contributed by atoms with Crippen LogP contribution >= 0.6 is 11.3 Å². The van der Waals surface area contributed by atoms with Crippen molar-refractivity contribution in [2.75, 3.05) is 0 Å². The number of aromatic nitrogens is 2. The summed E-state index contributed by atoms with van der Waals surface area (Å²) in [5.41, 5.74) is 1.25. The van der Waals surface area contributed by atoms with Crippen LogP contribution in [0.4, 0.5) is 0 Å². The van der Waals surface area contributed by atoms with E-state index in [2.05, 4.69) is 15.3 Å². The Balaban J connectivity index is 2.26. The fourth-order valence-electron chi connectivity index (χ4n) is 1.96. The van der Waals surface area contributed by atoms with E-state index < -0.39 is 0 Å². The van der Waals surface area contributed by atoms with Crippen LogP contribution in [0.2, 0.25) is 0 Å². The van der Waals surface area contributed by atoms with Gasteiger partial charge in [0.25, 0.3) is 5.56 Å². The van der Waals surface area contributed by atoms with E-state index in [1.54, 1.807) is 11.3 Å². The lowest BCUT2D eigenvalue weighted by atomic mass is 10.1. The van der Waals surface area contributed by atoms with Crippen molar-refractivity contribution in [2.45, 2.75) is 38.5 Å². The second kappa shape index (κ2) is 3.42. The van der Waals surface area contributed by atoms with Gasteiger partial charge in [-0.2, -0.15) is 0 Å². The minimum atomic E-state index is 0.0388. The third kappa shape index (κ3) is 1.48. The van der Waals surface area contributed by atoms with Gasteiger partial charge < -0.3 is 4.98 Å². The molecule has 1 saturated carbocycles. The van der Waals surface area contributed by atoms with E-state index in [-0.39, 0.29) is 11.5 Å². The van der Waals surface area contributed by atoms with Crippen LogP contribution in [0.25, 0.3) is 10.2 Å². The second-order valence-corrected chi connectivity index (χ2v) is 5.61. The fourth-order valence-corrected chi connectivity index (χ4v) is 2.98. The number of rotatable bonds is 2. The summed E-state index contributed by atoms with van der Waals surface area (Å²) in [6.07, 6.45) is 2.44. The highest BCUT2D eigenvalue weighted by Crippen LogP contribution is 2.43. The lowest BCUT2D eigenvalue weighted by Crippen LogP contribution is -2.12. The van der Waals surface area contributed by atoms with E-state index in [9.17, 15) is 4.79 Å². The topological polar surface area (TPSA) is 45.8 Å². The number of H-pyrrole nitrogens is 1. The van der Waals surface area contributed by atoms with Crippen molar-refractivity contribution >= 4 is 21.6 Å². The summed E-state index contributed by atoms with van der Waals surface area (Å²) in [7, 11) is 0. The summed E-state index contributed by atoms with van der Waals surface area (Å²) < 4.78 is 0. The van der Waals surface area contributed by atoms with Crippen molar-refractivity contribution < 1.29 is 0 Å². The smallest absolute Gasteiger partial charge is 0.259 e. The minimum Gasteiger partial charge on any atom is -0.310 e. The Kier molecular flexibility index (Phi) is 2.14. The predicted molar refractivity (Wildman–Crippen MR) is 66.3 cm³/mol. The second-order valence-electron chi connectivity index (χ2n) is 4.75. The number of nitrogens with one attached hydrogen (secondary N) is 1. The summed E-state index contributed by atoms with van der Waals surface area (Å²) in [5.74, 6) is 1.67. The van der Waals surface area contributed by atoms with E-state index >= 15 is 0 Å². The molecule has 0 aromatic carbocycles. The molecule has 2 heterocycles. The van der Waals surface area contributed by atoms with Gasteiger partial charge >= 0.3 is 0 Å². The molecule has 0 spiro atoms. The molecule has 0 bridgehead atoms. The van der Waals surface area contributed by atoms with E-state index in [4.69, 9.17) is 0 Å². The lowest BCUT2D eigenvalue weighted by Gasteiger charge is -2.03. The quantitative estimate of drug-likeness (QED) is 0.868. The number of hydrogen-bond acceptors (Lipinski definition) is 3. The van der Waals surface area contributed by atoms with Gasteiger partial charge in [-0.3, -0.25) is 4.79 Å². The van der Waals surface area contributed by atoms with Crippen molar-refractivity contribution in [3.05, 3.63) is 27.1 Å². The minimum absolute atomic E-state index is 0.0388. The molecule has 3 rings (SSSR count). The zero-order valence-corrected chi connectivity index (χ0v) is 10.2. The van der Waals surface area contributed by atoms with E-state index in [1.165, 1.54) is 18.4 Å². The Labute approximate surface area is 97.5 Å². The first kappa shape index (κ1) is 10.0. The predicted octanol–water partition coefficient (Wildman–Crippen LogP) is 2.99. The average molecular weight is 234 g/mol. The fraction of sp³-hybridized carbons (Fsp3) is 0.500. The molecule has 2 aromatic rings. The number of fused-ring (bicyclic) bond motifs is 1. The van der Waals surface area contributed by atoms with Crippen molar-refractivity contribution in [2.24, 2.45) is 0 Å². The Morgan fingerprint density at radius 1 is 1.50 bits per heavy atom. The molecule has 1 aliphatic rings. The first-order valence-corrected chi connectivity index (χ1v) is 6.56. The van der Waals surface area contributed by atoms with Crippen LogP contribution in [0.1, 0.15) is 49.9 Å². The van der Waals surface area contributed by atoms with Gasteiger partial charge in [0, 0.05) is 5.92 Å². The van der Waals surface area contributed by atoms with Crippen molar-refractivity contribution in [3.63, 3.8) is 0 Å². The van der Waals surface area contributed by atoms with E-state index in [1.807, 2.05) is 13.8 Å². The molecule has 0 aliphatic heterocycles. The molecule has 1 N–H and O–H groups in total. The van der Waals surface area contributed by atoms with Crippen LogP contribution in [0.15, 0.2) is 10.2 Å². The first-order valence-electron chi connectivity index (χ1n) is 5.68. The normalized spacial score (nSPS) is 16.2. The molecule has 0 atom stereocenters. The van der Waals surface area contributed by atoms with Gasteiger partial charge in [0.05, 0.1) is 5.39 Å². The van der Waals surface area contributed by atoms with Crippen LogP contribution < -0.4 is 5.56 Å². The van der Waals surface area contributed by atoms with Crippen molar-refractivity contribution in [1.82, 2.24) is 9.97 Å². The molecule has 0 radical (unpaired) electrons. The molecule has 2 aromatic heterocycles. The maximum absolute atomic E-state index is 12.0. The maximum atomic E-state index is 12.0. The van der Waals surface area contributed by atoms with E-state index in [0.29, 0.717) is 5.92 Å². The van der Waals surface area contributed by atoms with Gasteiger partial charge in [0.15, 0.2) is 0 Å². The van der Waals surface area contributed by atoms with Gasteiger partial charge in [-0.1, -0.05) is 13.8 Å². The maximum Gasteiger partial charge on any atom is 0.259 e. The summed E-state index contributed by atoms with van der Waals surface area (Å²) >= 11 is 1.60. The van der Waals surface area contributed by atoms with Gasteiger partial charge in [0.2, 0.25) is 0 Å². The molecular formula is C12H14N2OS. The molecule has 0 unspecified atom stereocenters. The Hall–Kier alpha value is -1.16. The third-order valence-electron chi connectivity index (χ3n) is 3.05. The average Bonchev–Trinajstić information content (AvgIpc) is 2.98. The summed E-state index contributed by atoms with van der Waals surface area (Å²) in [5, 5.41) is 2.94. The van der Waals surface area contributed by atoms with Crippen LogP contribution in [-0.2, 0) is 0 Å². The Morgan fingerprint density at radius 3 is 2.88 bits per heavy atom. The number of hydrogen-bond donors (Lipinski definition) is 1. The van der Waals surface area contributed by atoms with Crippen LogP contribution in [0, 0.1) is 0 Å². The van der Waals surface area contributed by atoms with Gasteiger partial charge in [-0.25, -0.2) is 4.98 Å². The van der Waals surface area contributed by atoms with Gasteiger partial charge in [0.1, 0.15) is 10.7 Å².